The van der Waals surface area contributed by atoms with E-state index in [-0.39, 0.29) is 29.6 Å². The Morgan fingerprint density at radius 2 is 1.90 bits per heavy atom. The number of hydrogen-bond donors (Lipinski definition) is 1. The monoisotopic (exact) mass is 145 g/mol. The van der Waals surface area contributed by atoms with E-state index in [1.807, 2.05) is 0 Å². The average molecular weight is 145 g/mol. The van der Waals surface area contributed by atoms with E-state index in [1.165, 1.54) is 12.1 Å². The summed E-state index contributed by atoms with van der Waals surface area (Å²) in [6, 6.07) is 8.87. The maximum atomic E-state index is 10.2. The standard InChI is InChI=1S/C7H5O2.Na.H/c8-7(9)6-4-2-1-3-5-6;;/h2-5H,(H,8,9);;. The molecule has 1 radical (unpaired) electrons. The first kappa shape index (κ1) is 9.69. The van der Waals surface area contributed by atoms with Crippen molar-refractivity contribution in [3.8, 4) is 0 Å². The Morgan fingerprint density at radius 1 is 1.40 bits per heavy atom. The van der Waals surface area contributed by atoms with Gasteiger partial charge in [-0.15, -0.1) is 0 Å². The van der Waals surface area contributed by atoms with Gasteiger partial charge in [0.1, 0.15) is 0 Å². The van der Waals surface area contributed by atoms with Crippen molar-refractivity contribution in [2.75, 3.05) is 0 Å². The molecule has 1 N–H and O–H groups in total. The van der Waals surface area contributed by atoms with Gasteiger partial charge in [0.15, 0.2) is 0 Å². The number of benzene rings is 1. The zero-order valence-corrected chi connectivity index (χ0v) is 4.66. The second kappa shape index (κ2) is 4.50. The van der Waals surface area contributed by atoms with Crippen LogP contribution in [0.4, 0.5) is 0 Å². The van der Waals surface area contributed by atoms with Gasteiger partial charge in [-0.1, -0.05) is 12.1 Å². The second-order valence-electron chi connectivity index (χ2n) is 1.59. The summed E-state index contributed by atoms with van der Waals surface area (Å²) in [4.78, 5) is 10.2. The Bertz CT molecular complexity index is 208. The molecule has 0 saturated carbocycles. The van der Waals surface area contributed by atoms with Gasteiger partial charge < -0.3 is 5.11 Å². The molecule has 10 heavy (non-hydrogen) atoms. The maximum absolute atomic E-state index is 10.2. The normalized spacial score (nSPS) is 8.00. The molecule has 0 atom stereocenters. The van der Waals surface area contributed by atoms with E-state index < -0.39 is 5.97 Å². The Labute approximate surface area is 81.2 Å². The summed E-state index contributed by atoms with van der Waals surface area (Å²) >= 11 is 0. The van der Waals surface area contributed by atoms with Crippen molar-refractivity contribution in [1.29, 1.82) is 0 Å². The van der Waals surface area contributed by atoms with Gasteiger partial charge in [0.05, 0.1) is 5.56 Å². The molecule has 0 fully saturated rings. The molecule has 0 aliphatic heterocycles. The number of aromatic carboxylic acids is 1. The molecule has 0 bridgehead atoms. The summed E-state index contributed by atoms with van der Waals surface area (Å²) in [5.74, 6) is -0.899. The molecule has 0 spiro atoms. The van der Waals surface area contributed by atoms with Crippen molar-refractivity contribution in [3.05, 3.63) is 35.9 Å². The van der Waals surface area contributed by atoms with E-state index in [0.717, 1.165) is 0 Å². The molecular formula is C7H6NaO2. The second-order valence-corrected chi connectivity index (χ2v) is 1.59. The van der Waals surface area contributed by atoms with Crippen LogP contribution in [-0.4, -0.2) is 40.6 Å². The number of carbonyl (C=O) groups is 1. The van der Waals surface area contributed by atoms with Crippen molar-refractivity contribution >= 4 is 35.5 Å². The Hall–Kier alpha value is -0.310. The van der Waals surface area contributed by atoms with Crippen LogP contribution in [0, 0.1) is 6.07 Å². The van der Waals surface area contributed by atoms with Crippen LogP contribution < -0.4 is 0 Å². The molecule has 0 unspecified atom stereocenters. The van der Waals surface area contributed by atoms with Crippen molar-refractivity contribution in [2.24, 2.45) is 0 Å². The zero-order valence-electron chi connectivity index (χ0n) is 4.66. The first-order valence-corrected chi connectivity index (χ1v) is 2.50. The predicted molar refractivity (Wildman–Crippen MR) is 39.4 cm³/mol. The molecule has 0 aliphatic carbocycles. The van der Waals surface area contributed by atoms with Crippen LogP contribution in [0.1, 0.15) is 10.4 Å². The van der Waals surface area contributed by atoms with Gasteiger partial charge in [-0.2, -0.15) is 0 Å². The fourth-order valence-corrected chi connectivity index (χ4v) is 0.529. The SMILES string of the molecule is O=C(O)c1cc[c]cc1.[NaH]. The van der Waals surface area contributed by atoms with Crippen LogP contribution in [0.25, 0.3) is 0 Å². The minimum absolute atomic E-state index is 0. The molecule has 47 valence electrons. The van der Waals surface area contributed by atoms with Crippen LogP contribution in [0.5, 0.6) is 0 Å². The minimum atomic E-state index is -0.899. The van der Waals surface area contributed by atoms with Crippen molar-refractivity contribution < 1.29 is 9.90 Å². The zero-order chi connectivity index (χ0) is 6.69. The topological polar surface area (TPSA) is 37.3 Å². The fraction of sp³-hybridized carbons (Fsp3) is 0. The van der Waals surface area contributed by atoms with Crippen LogP contribution in [0.3, 0.4) is 0 Å². The molecule has 0 amide bonds. The van der Waals surface area contributed by atoms with Gasteiger partial charge in [0.25, 0.3) is 0 Å². The Morgan fingerprint density at radius 3 is 2.20 bits per heavy atom. The molecule has 1 aromatic rings. The summed E-state index contributed by atoms with van der Waals surface area (Å²) in [5.41, 5.74) is 0.300. The van der Waals surface area contributed by atoms with Crippen molar-refractivity contribution in [2.45, 2.75) is 0 Å². The summed E-state index contributed by atoms with van der Waals surface area (Å²) < 4.78 is 0. The summed E-state index contributed by atoms with van der Waals surface area (Å²) in [6.45, 7) is 0. The van der Waals surface area contributed by atoms with E-state index in [0.29, 0.717) is 5.56 Å². The van der Waals surface area contributed by atoms with E-state index in [2.05, 4.69) is 6.07 Å². The van der Waals surface area contributed by atoms with E-state index >= 15 is 0 Å². The van der Waals surface area contributed by atoms with Crippen LogP contribution in [0.15, 0.2) is 24.3 Å². The van der Waals surface area contributed by atoms with Crippen LogP contribution in [0.2, 0.25) is 0 Å². The van der Waals surface area contributed by atoms with Gasteiger partial charge in [-0.25, -0.2) is 4.79 Å². The molecule has 3 heteroatoms. The summed E-state index contributed by atoms with van der Waals surface area (Å²) in [6.07, 6.45) is 0. The quantitative estimate of drug-likeness (QED) is 0.585. The molecule has 0 saturated heterocycles. The molecular weight excluding hydrogens is 139 g/mol. The third kappa shape index (κ3) is 2.52. The van der Waals surface area contributed by atoms with Gasteiger partial charge in [-0.05, 0) is 18.2 Å². The first-order valence-electron chi connectivity index (χ1n) is 2.50. The van der Waals surface area contributed by atoms with Crippen LogP contribution >= 0.6 is 0 Å². The third-order valence-corrected chi connectivity index (χ3v) is 0.965. The first-order chi connectivity index (χ1) is 4.30. The fourth-order valence-electron chi connectivity index (χ4n) is 0.529. The Balaban J connectivity index is 0.000000810. The van der Waals surface area contributed by atoms with E-state index in [1.54, 1.807) is 12.1 Å². The number of rotatable bonds is 1. The predicted octanol–water partition coefficient (Wildman–Crippen LogP) is 0.536. The van der Waals surface area contributed by atoms with Gasteiger partial charge >= 0.3 is 35.5 Å². The van der Waals surface area contributed by atoms with Crippen LogP contribution in [-0.2, 0) is 0 Å². The van der Waals surface area contributed by atoms with E-state index in [4.69, 9.17) is 5.11 Å². The Kier molecular flexibility index (Phi) is 4.36. The van der Waals surface area contributed by atoms with Gasteiger partial charge in [-0.3, -0.25) is 0 Å². The van der Waals surface area contributed by atoms with Crippen molar-refractivity contribution in [3.63, 3.8) is 0 Å². The van der Waals surface area contributed by atoms with Gasteiger partial charge in [0, 0.05) is 0 Å². The summed E-state index contributed by atoms with van der Waals surface area (Å²) in [7, 11) is 0. The third-order valence-electron chi connectivity index (χ3n) is 0.965. The number of carboxylic acid groups (broad SMARTS) is 1. The van der Waals surface area contributed by atoms with Gasteiger partial charge in [0.2, 0.25) is 0 Å². The number of carboxylic acids is 1. The molecule has 2 nitrogen and oxygen atoms in total. The molecule has 0 aliphatic rings. The molecule has 1 rings (SSSR count). The molecule has 0 heterocycles. The van der Waals surface area contributed by atoms with Crippen molar-refractivity contribution in [1.82, 2.24) is 0 Å². The average Bonchev–Trinajstić information content (AvgIpc) is 1.90. The summed E-state index contributed by atoms with van der Waals surface area (Å²) in [5, 5.41) is 8.37. The number of hydrogen-bond acceptors (Lipinski definition) is 1. The van der Waals surface area contributed by atoms with E-state index in [9.17, 15) is 4.79 Å². The molecule has 0 aromatic heterocycles. The molecule has 1 aromatic carbocycles.